The van der Waals surface area contributed by atoms with Gasteiger partial charge in [0.05, 0.1) is 18.3 Å². The molecular formula is C26H29N3O3. The summed E-state index contributed by atoms with van der Waals surface area (Å²) in [6.07, 6.45) is 2.64. The van der Waals surface area contributed by atoms with Crippen LogP contribution in [0.4, 0.5) is 0 Å². The summed E-state index contributed by atoms with van der Waals surface area (Å²) in [4.78, 5) is 31.9. The van der Waals surface area contributed by atoms with Gasteiger partial charge in [-0.2, -0.15) is 0 Å². The Kier molecular flexibility index (Phi) is 6.12. The smallest absolute Gasteiger partial charge is 0.397 e. The highest BCUT2D eigenvalue weighted by Crippen LogP contribution is 2.39. The lowest BCUT2D eigenvalue weighted by Crippen LogP contribution is -2.45. The van der Waals surface area contributed by atoms with Crippen LogP contribution in [0.25, 0.3) is 11.3 Å². The fourth-order valence-corrected chi connectivity index (χ4v) is 4.22. The molecule has 1 aliphatic rings. The van der Waals surface area contributed by atoms with Crippen molar-refractivity contribution in [2.24, 2.45) is 5.41 Å². The molecule has 0 radical (unpaired) electrons. The molecule has 3 aromatic rings. The first-order valence-electron chi connectivity index (χ1n) is 11.0. The summed E-state index contributed by atoms with van der Waals surface area (Å²) in [5, 5.41) is 0. The molecule has 6 heteroatoms. The number of hydrogen-bond acceptors (Lipinski definition) is 4. The van der Waals surface area contributed by atoms with E-state index >= 15 is 0 Å². The van der Waals surface area contributed by atoms with Gasteiger partial charge >= 0.3 is 11.9 Å². The summed E-state index contributed by atoms with van der Waals surface area (Å²) in [6, 6.07) is 19.8. The van der Waals surface area contributed by atoms with Crippen LogP contribution in [0.1, 0.15) is 44.6 Å². The lowest BCUT2D eigenvalue weighted by atomic mass is 9.84. The highest BCUT2D eigenvalue weighted by molar-refractivity contribution is 6.32. The number of esters is 1. The van der Waals surface area contributed by atoms with E-state index in [1.165, 1.54) is 0 Å². The minimum Gasteiger partial charge on any atom is -0.458 e. The molecule has 0 bridgehead atoms. The molecule has 0 spiro atoms. The van der Waals surface area contributed by atoms with Crippen LogP contribution in [-0.4, -0.2) is 39.5 Å². The second kappa shape index (κ2) is 8.99. The number of carbonyl (C=O) groups is 2. The summed E-state index contributed by atoms with van der Waals surface area (Å²) >= 11 is 0. The van der Waals surface area contributed by atoms with Gasteiger partial charge in [-0.25, -0.2) is 9.78 Å². The molecular weight excluding hydrogens is 402 g/mol. The summed E-state index contributed by atoms with van der Waals surface area (Å²) in [7, 11) is 0. The van der Waals surface area contributed by atoms with Crippen LogP contribution in [0.5, 0.6) is 0 Å². The van der Waals surface area contributed by atoms with E-state index in [-0.39, 0.29) is 18.1 Å². The monoisotopic (exact) mass is 431 g/mol. The largest absolute Gasteiger partial charge is 0.458 e. The normalized spacial score (nSPS) is 15.9. The molecule has 6 nitrogen and oxygen atoms in total. The predicted octanol–water partition coefficient (Wildman–Crippen LogP) is 4.46. The number of amides is 1. The number of rotatable bonds is 5. The Balaban J connectivity index is 1.84. The van der Waals surface area contributed by atoms with Crippen molar-refractivity contribution in [1.82, 2.24) is 14.5 Å². The fourth-order valence-electron chi connectivity index (χ4n) is 4.22. The summed E-state index contributed by atoms with van der Waals surface area (Å²) < 4.78 is 7.20. The molecule has 1 aromatic heterocycles. The van der Waals surface area contributed by atoms with E-state index in [1.54, 1.807) is 4.90 Å². The summed E-state index contributed by atoms with van der Waals surface area (Å²) in [6.45, 7) is 7.55. The predicted molar refractivity (Wildman–Crippen MR) is 123 cm³/mol. The maximum atomic E-state index is 13.0. The first-order valence-corrected chi connectivity index (χ1v) is 11.0. The number of imidazole rings is 1. The van der Waals surface area contributed by atoms with Crippen LogP contribution in [0.2, 0.25) is 0 Å². The molecule has 1 saturated heterocycles. The molecule has 2 aromatic carbocycles. The molecule has 0 unspecified atom stereocenters. The van der Waals surface area contributed by atoms with Crippen LogP contribution in [0.15, 0.2) is 66.9 Å². The van der Waals surface area contributed by atoms with Gasteiger partial charge in [-0.3, -0.25) is 4.79 Å². The number of nitrogens with zero attached hydrogens (tertiary/aromatic N) is 3. The molecule has 1 fully saturated rings. The van der Waals surface area contributed by atoms with Gasteiger partial charge in [0.1, 0.15) is 5.82 Å². The lowest BCUT2D eigenvalue weighted by molar-refractivity contribution is -0.160. The average Bonchev–Trinajstić information content (AvgIpc) is 3.10. The van der Waals surface area contributed by atoms with E-state index in [2.05, 4.69) is 37.5 Å². The van der Waals surface area contributed by atoms with E-state index in [0.29, 0.717) is 19.5 Å². The summed E-state index contributed by atoms with van der Waals surface area (Å²) in [5.41, 5.74) is 2.64. The molecule has 0 saturated carbocycles. The molecule has 0 aliphatic carbocycles. The first-order chi connectivity index (χ1) is 15.3. The number of benzene rings is 2. The van der Waals surface area contributed by atoms with Crippen LogP contribution >= 0.6 is 0 Å². The van der Waals surface area contributed by atoms with Gasteiger partial charge in [-0.15, -0.1) is 0 Å². The zero-order chi connectivity index (χ0) is 22.7. The maximum absolute atomic E-state index is 13.0. The lowest BCUT2D eigenvalue weighted by Gasteiger charge is -2.38. The van der Waals surface area contributed by atoms with Gasteiger partial charge in [-0.1, -0.05) is 81.4 Å². The number of carbonyl (C=O) groups excluding carboxylic acids is 2. The van der Waals surface area contributed by atoms with E-state index in [9.17, 15) is 9.59 Å². The Morgan fingerprint density at radius 3 is 2.31 bits per heavy atom. The van der Waals surface area contributed by atoms with Gasteiger partial charge in [0.15, 0.2) is 0 Å². The molecule has 32 heavy (non-hydrogen) atoms. The van der Waals surface area contributed by atoms with Crippen molar-refractivity contribution < 1.29 is 14.3 Å². The van der Waals surface area contributed by atoms with Crippen LogP contribution < -0.4 is 0 Å². The number of hydrogen-bond donors (Lipinski definition) is 0. The SMILES string of the molecule is CC(C)(C)[C@H](c1nc(-c2ccccc2)cn1Cc1ccccc1)N1CCCOC(=O)C1=O. The number of aromatic nitrogens is 2. The van der Waals surface area contributed by atoms with Crippen molar-refractivity contribution in [3.8, 4) is 11.3 Å². The van der Waals surface area contributed by atoms with E-state index < -0.39 is 11.9 Å². The van der Waals surface area contributed by atoms with Gasteiger partial charge in [0, 0.05) is 24.8 Å². The highest BCUT2D eigenvalue weighted by Gasteiger charge is 2.41. The standard InChI is InChI=1S/C26H29N3O3/c1-26(2,3)22(29-15-10-16-32-25(31)24(29)30)23-27-21(20-13-8-5-9-14-20)18-28(23)17-19-11-6-4-7-12-19/h4-9,11-14,18,22H,10,15-17H2,1-3H3/t22-/m0/s1. The Morgan fingerprint density at radius 1 is 1.00 bits per heavy atom. The number of cyclic esters (lactones) is 1. The quantitative estimate of drug-likeness (QED) is 0.442. The third-order valence-corrected chi connectivity index (χ3v) is 5.66. The van der Waals surface area contributed by atoms with Crippen LogP contribution in [0, 0.1) is 5.41 Å². The Hall–Kier alpha value is -3.41. The Labute approximate surface area is 188 Å². The van der Waals surface area contributed by atoms with Gasteiger partial charge in [0.25, 0.3) is 0 Å². The topological polar surface area (TPSA) is 64.4 Å². The first kappa shape index (κ1) is 21.8. The van der Waals surface area contributed by atoms with Gasteiger partial charge in [-0.05, 0) is 17.4 Å². The Morgan fingerprint density at radius 2 is 1.66 bits per heavy atom. The van der Waals surface area contributed by atoms with Gasteiger partial charge in [0.2, 0.25) is 0 Å². The van der Waals surface area contributed by atoms with Crippen LogP contribution in [0.3, 0.4) is 0 Å². The van der Waals surface area contributed by atoms with E-state index in [4.69, 9.17) is 9.72 Å². The van der Waals surface area contributed by atoms with E-state index in [0.717, 1.165) is 22.6 Å². The van der Waals surface area contributed by atoms with Crippen molar-refractivity contribution >= 4 is 11.9 Å². The van der Waals surface area contributed by atoms with Crippen LogP contribution in [-0.2, 0) is 20.9 Å². The second-order valence-corrected chi connectivity index (χ2v) is 9.22. The Bertz CT molecular complexity index is 1080. The maximum Gasteiger partial charge on any atom is 0.397 e. The van der Waals surface area contributed by atoms with Gasteiger partial charge < -0.3 is 14.2 Å². The second-order valence-electron chi connectivity index (χ2n) is 9.22. The van der Waals surface area contributed by atoms with Crippen molar-refractivity contribution in [3.63, 3.8) is 0 Å². The van der Waals surface area contributed by atoms with Crippen molar-refractivity contribution in [2.75, 3.05) is 13.2 Å². The molecule has 0 N–H and O–H groups in total. The molecule has 1 amide bonds. The molecule has 1 atom stereocenters. The number of ether oxygens (including phenoxy) is 1. The highest BCUT2D eigenvalue weighted by atomic mass is 16.5. The van der Waals surface area contributed by atoms with Crippen molar-refractivity contribution in [2.45, 2.75) is 39.8 Å². The van der Waals surface area contributed by atoms with E-state index in [1.807, 2.05) is 54.7 Å². The molecule has 2 heterocycles. The third kappa shape index (κ3) is 4.59. The zero-order valence-corrected chi connectivity index (χ0v) is 18.8. The van der Waals surface area contributed by atoms with Crippen molar-refractivity contribution in [1.29, 1.82) is 0 Å². The summed E-state index contributed by atoms with van der Waals surface area (Å²) in [5.74, 6) is -0.623. The minimum absolute atomic E-state index is 0.256. The fraction of sp³-hybridized carbons (Fsp3) is 0.346. The average molecular weight is 432 g/mol. The molecule has 4 rings (SSSR count). The minimum atomic E-state index is -0.791. The third-order valence-electron chi connectivity index (χ3n) is 5.66. The molecule has 166 valence electrons. The van der Waals surface area contributed by atoms with Crippen molar-refractivity contribution in [3.05, 3.63) is 78.2 Å². The molecule has 1 aliphatic heterocycles. The zero-order valence-electron chi connectivity index (χ0n) is 18.8.